The second-order valence-corrected chi connectivity index (χ2v) is 4.02. The summed E-state index contributed by atoms with van der Waals surface area (Å²) in [6.07, 6.45) is 2.79. The standard InChI is InChI=1S/C7H13NO4S/c1-3-5-6(9)8-7(4-2)13(10,11)12/h3,5,7H,4H2,1-2H3,(H,8,9)(H,10,11,12). The Morgan fingerprint density at radius 1 is 1.62 bits per heavy atom. The molecule has 0 heterocycles. The van der Waals surface area contributed by atoms with Gasteiger partial charge < -0.3 is 5.32 Å². The van der Waals surface area contributed by atoms with Crippen LogP contribution in [0.1, 0.15) is 20.3 Å². The summed E-state index contributed by atoms with van der Waals surface area (Å²) in [5, 5.41) is 0.918. The van der Waals surface area contributed by atoms with E-state index in [1.807, 2.05) is 0 Å². The van der Waals surface area contributed by atoms with Crippen LogP contribution in [-0.2, 0) is 14.9 Å². The molecule has 0 radical (unpaired) electrons. The Balaban J connectivity index is 4.40. The maximum atomic E-state index is 10.9. The van der Waals surface area contributed by atoms with Crippen LogP contribution < -0.4 is 5.32 Å². The lowest BCUT2D eigenvalue weighted by molar-refractivity contribution is -0.116. The molecule has 0 aromatic rings. The van der Waals surface area contributed by atoms with Gasteiger partial charge in [0.15, 0.2) is 5.37 Å². The minimum atomic E-state index is -4.19. The molecule has 0 aromatic heterocycles. The van der Waals surface area contributed by atoms with E-state index >= 15 is 0 Å². The number of hydrogen-bond donors (Lipinski definition) is 2. The van der Waals surface area contributed by atoms with Crippen LogP contribution in [0.4, 0.5) is 0 Å². The van der Waals surface area contributed by atoms with E-state index in [0.717, 1.165) is 0 Å². The van der Waals surface area contributed by atoms with Gasteiger partial charge in [-0.2, -0.15) is 8.42 Å². The van der Waals surface area contributed by atoms with Crippen molar-refractivity contribution in [3.05, 3.63) is 12.2 Å². The number of allylic oxidation sites excluding steroid dienone is 1. The van der Waals surface area contributed by atoms with Crippen molar-refractivity contribution in [2.45, 2.75) is 25.6 Å². The molecule has 0 aliphatic heterocycles. The minimum Gasteiger partial charge on any atom is -0.334 e. The first-order valence-corrected chi connectivity index (χ1v) is 5.31. The smallest absolute Gasteiger partial charge is 0.286 e. The molecule has 1 atom stereocenters. The van der Waals surface area contributed by atoms with Crippen LogP contribution in [0, 0.1) is 0 Å². The predicted octanol–water partition coefficient (Wildman–Crippen LogP) is 0.303. The fourth-order valence-corrected chi connectivity index (χ4v) is 1.43. The highest BCUT2D eigenvalue weighted by Crippen LogP contribution is 1.99. The SMILES string of the molecule is CC=CC(=O)NC(CC)S(=O)(=O)O. The highest BCUT2D eigenvalue weighted by atomic mass is 32.2. The Labute approximate surface area is 77.6 Å². The Morgan fingerprint density at radius 2 is 2.15 bits per heavy atom. The van der Waals surface area contributed by atoms with Gasteiger partial charge in [-0.1, -0.05) is 13.0 Å². The molecule has 0 aromatic carbocycles. The van der Waals surface area contributed by atoms with Crippen molar-refractivity contribution in [1.29, 1.82) is 0 Å². The van der Waals surface area contributed by atoms with E-state index in [-0.39, 0.29) is 6.42 Å². The maximum absolute atomic E-state index is 10.9. The fraction of sp³-hybridized carbons (Fsp3) is 0.571. The minimum absolute atomic E-state index is 0.127. The molecule has 1 unspecified atom stereocenters. The predicted molar refractivity (Wildman–Crippen MR) is 48.6 cm³/mol. The topological polar surface area (TPSA) is 83.5 Å². The van der Waals surface area contributed by atoms with Gasteiger partial charge in [-0.25, -0.2) is 0 Å². The Bertz CT molecular complexity index is 294. The maximum Gasteiger partial charge on any atom is 0.286 e. The molecule has 0 aliphatic rings. The van der Waals surface area contributed by atoms with Crippen LogP contribution in [-0.4, -0.2) is 24.3 Å². The van der Waals surface area contributed by atoms with Gasteiger partial charge in [-0.05, 0) is 19.4 Å². The van der Waals surface area contributed by atoms with Crippen LogP contribution in [0.5, 0.6) is 0 Å². The number of carbonyl (C=O) groups excluding carboxylic acids is 1. The highest BCUT2D eigenvalue weighted by Gasteiger charge is 2.21. The summed E-state index contributed by atoms with van der Waals surface area (Å²) in [7, 11) is -4.19. The van der Waals surface area contributed by atoms with Crippen LogP contribution in [0.3, 0.4) is 0 Å². The van der Waals surface area contributed by atoms with Crippen molar-refractivity contribution in [2.75, 3.05) is 0 Å². The fourth-order valence-electron chi connectivity index (χ4n) is 0.745. The molecule has 5 nitrogen and oxygen atoms in total. The number of hydrogen-bond acceptors (Lipinski definition) is 3. The lowest BCUT2D eigenvalue weighted by Crippen LogP contribution is -2.39. The molecule has 1 amide bonds. The van der Waals surface area contributed by atoms with Gasteiger partial charge in [0.1, 0.15) is 0 Å². The van der Waals surface area contributed by atoms with Gasteiger partial charge >= 0.3 is 0 Å². The van der Waals surface area contributed by atoms with Crippen molar-refractivity contribution in [1.82, 2.24) is 5.32 Å². The first-order chi connectivity index (χ1) is 5.91. The van der Waals surface area contributed by atoms with E-state index in [9.17, 15) is 13.2 Å². The molecule has 6 heteroatoms. The van der Waals surface area contributed by atoms with Gasteiger partial charge in [0.2, 0.25) is 5.91 Å². The molecule has 13 heavy (non-hydrogen) atoms. The third-order valence-corrected chi connectivity index (χ3v) is 2.52. The van der Waals surface area contributed by atoms with Gasteiger partial charge in [-0.15, -0.1) is 0 Å². The monoisotopic (exact) mass is 207 g/mol. The zero-order valence-corrected chi connectivity index (χ0v) is 8.34. The molecule has 0 fully saturated rings. The molecule has 0 aliphatic carbocycles. The summed E-state index contributed by atoms with van der Waals surface area (Å²) in [5.74, 6) is -0.535. The van der Waals surface area contributed by atoms with Crippen molar-refractivity contribution in [3.63, 3.8) is 0 Å². The summed E-state index contributed by atoms with van der Waals surface area (Å²) in [5.41, 5.74) is 0. The van der Waals surface area contributed by atoms with Crippen molar-refractivity contribution in [3.8, 4) is 0 Å². The third-order valence-electron chi connectivity index (χ3n) is 1.35. The molecular formula is C7H13NO4S. The molecule has 0 rings (SSSR count). The Kier molecular flexibility index (Phi) is 4.64. The molecule has 76 valence electrons. The lowest BCUT2D eigenvalue weighted by Gasteiger charge is -2.11. The van der Waals surface area contributed by atoms with E-state index in [1.54, 1.807) is 13.8 Å². The Morgan fingerprint density at radius 3 is 2.46 bits per heavy atom. The normalized spacial score (nSPS) is 14.4. The second-order valence-electron chi connectivity index (χ2n) is 2.42. The summed E-state index contributed by atoms with van der Waals surface area (Å²) in [6, 6.07) is 0. The van der Waals surface area contributed by atoms with Gasteiger partial charge in [0.05, 0.1) is 0 Å². The second kappa shape index (κ2) is 4.98. The van der Waals surface area contributed by atoms with Crippen LogP contribution in [0.15, 0.2) is 12.2 Å². The lowest BCUT2D eigenvalue weighted by atomic mass is 10.4. The Hall–Kier alpha value is -0.880. The highest BCUT2D eigenvalue weighted by molar-refractivity contribution is 7.86. The zero-order chi connectivity index (χ0) is 10.5. The van der Waals surface area contributed by atoms with E-state index < -0.39 is 21.4 Å². The quantitative estimate of drug-likeness (QED) is 0.513. The van der Waals surface area contributed by atoms with E-state index in [1.165, 1.54) is 12.2 Å². The summed E-state index contributed by atoms with van der Waals surface area (Å²) in [4.78, 5) is 10.9. The van der Waals surface area contributed by atoms with E-state index in [0.29, 0.717) is 0 Å². The molecule has 0 saturated carbocycles. The third kappa shape index (κ3) is 4.64. The molecule has 0 bridgehead atoms. The molecule has 2 N–H and O–H groups in total. The van der Waals surface area contributed by atoms with Crippen LogP contribution >= 0.6 is 0 Å². The zero-order valence-electron chi connectivity index (χ0n) is 7.52. The largest absolute Gasteiger partial charge is 0.334 e. The first-order valence-electron chi connectivity index (χ1n) is 3.81. The van der Waals surface area contributed by atoms with Crippen molar-refractivity contribution < 1.29 is 17.8 Å². The molecule has 0 saturated heterocycles. The summed E-state index contributed by atoms with van der Waals surface area (Å²) in [6.45, 7) is 3.18. The van der Waals surface area contributed by atoms with Crippen molar-refractivity contribution >= 4 is 16.0 Å². The first kappa shape index (κ1) is 12.1. The summed E-state index contributed by atoms with van der Waals surface area (Å²) >= 11 is 0. The number of rotatable bonds is 4. The number of carbonyl (C=O) groups is 1. The van der Waals surface area contributed by atoms with Crippen molar-refractivity contribution in [2.24, 2.45) is 0 Å². The van der Waals surface area contributed by atoms with E-state index in [2.05, 4.69) is 5.32 Å². The van der Waals surface area contributed by atoms with Gasteiger partial charge in [-0.3, -0.25) is 9.35 Å². The molecule has 0 spiro atoms. The van der Waals surface area contributed by atoms with Gasteiger partial charge in [0.25, 0.3) is 10.1 Å². The number of nitrogens with one attached hydrogen (secondary N) is 1. The summed E-state index contributed by atoms with van der Waals surface area (Å²) < 4.78 is 29.9. The number of amides is 1. The van der Waals surface area contributed by atoms with Gasteiger partial charge in [0, 0.05) is 0 Å². The van der Waals surface area contributed by atoms with Crippen LogP contribution in [0.2, 0.25) is 0 Å². The average molecular weight is 207 g/mol. The average Bonchev–Trinajstić information content (AvgIpc) is 1.98. The van der Waals surface area contributed by atoms with Crippen LogP contribution in [0.25, 0.3) is 0 Å². The van der Waals surface area contributed by atoms with E-state index in [4.69, 9.17) is 4.55 Å². The molecular weight excluding hydrogens is 194 g/mol.